The topological polar surface area (TPSA) is 58.1 Å². The molecular formula is C19H33IN4O2. The van der Waals surface area contributed by atoms with Crippen molar-refractivity contribution in [2.75, 3.05) is 53.0 Å². The molecule has 0 saturated carbocycles. The molecule has 1 aliphatic rings. The molecule has 0 amide bonds. The van der Waals surface area contributed by atoms with E-state index in [0.29, 0.717) is 13.2 Å². The van der Waals surface area contributed by atoms with E-state index in [9.17, 15) is 0 Å². The minimum absolute atomic E-state index is 0. The third-order valence-corrected chi connectivity index (χ3v) is 4.46. The Morgan fingerprint density at radius 2 is 1.85 bits per heavy atom. The molecule has 1 heterocycles. The van der Waals surface area contributed by atoms with Gasteiger partial charge in [-0.05, 0) is 32.9 Å². The molecule has 2 N–H and O–H groups in total. The maximum Gasteiger partial charge on any atom is 0.191 e. The molecule has 26 heavy (non-hydrogen) atoms. The first-order chi connectivity index (χ1) is 12.0. The lowest BCUT2D eigenvalue weighted by Gasteiger charge is -2.41. The van der Waals surface area contributed by atoms with E-state index in [2.05, 4.69) is 53.4 Å². The molecule has 1 aromatic rings. The summed E-state index contributed by atoms with van der Waals surface area (Å²) in [6.07, 6.45) is 0. The summed E-state index contributed by atoms with van der Waals surface area (Å²) in [6, 6.07) is 8.09. The average Bonchev–Trinajstić information content (AvgIpc) is 2.63. The zero-order chi connectivity index (χ0) is 18.1. The number of halogens is 1. The molecule has 148 valence electrons. The van der Waals surface area contributed by atoms with Gasteiger partial charge in [-0.15, -0.1) is 24.0 Å². The van der Waals surface area contributed by atoms with Crippen molar-refractivity contribution >= 4 is 29.9 Å². The van der Waals surface area contributed by atoms with Gasteiger partial charge in [0.15, 0.2) is 5.96 Å². The van der Waals surface area contributed by atoms with Crippen LogP contribution in [0.2, 0.25) is 0 Å². The van der Waals surface area contributed by atoms with E-state index in [0.717, 1.165) is 44.6 Å². The van der Waals surface area contributed by atoms with E-state index in [4.69, 9.17) is 9.47 Å². The summed E-state index contributed by atoms with van der Waals surface area (Å²) in [6.45, 7) is 12.3. The molecule has 0 aliphatic carbocycles. The van der Waals surface area contributed by atoms with E-state index < -0.39 is 0 Å². The van der Waals surface area contributed by atoms with Gasteiger partial charge in [-0.3, -0.25) is 9.89 Å². The number of nitrogens with zero attached hydrogens (tertiary/aromatic N) is 2. The summed E-state index contributed by atoms with van der Waals surface area (Å²) in [7, 11) is 1.79. The number of nitrogens with one attached hydrogen (secondary N) is 2. The van der Waals surface area contributed by atoms with E-state index in [1.165, 1.54) is 5.56 Å². The number of aliphatic imine (C=N–C) groups is 1. The van der Waals surface area contributed by atoms with Crippen molar-refractivity contribution in [1.29, 1.82) is 0 Å². The quantitative estimate of drug-likeness (QED) is 0.274. The first-order valence-electron chi connectivity index (χ1n) is 8.98. The Hall–Kier alpha value is -1.06. The molecule has 1 aromatic carbocycles. The first kappa shape index (κ1) is 23.0. The third-order valence-electron chi connectivity index (χ3n) is 4.46. The number of guanidine groups is 1. The Kier molecular flexibility index (Phi) is 10.3. The fourth-order valence-corrected chi connectivity index (χ4v) is 2.77. The Bertz CT molecular complexity index is 543. The van der Waals surface area contributed by atoms with Crippen LogP contribution in [0.25, 0.3) is 0 Å². The molecule has 6 nitrogen and oxygen atoms in total. The van der Waals surface area contributed by atoms with Gasteiger partial charge < -0.3 is 20.1 Å². The molecule has 1 saturated heterocycles. The van der Waals surface area contributed by atoms with Crippen molar-refractivity contribution in [2.24, 2.45) is 4.99 Å². The van der Waals surface area contributed by atoms with Crippen LogP contribution >= 0.6 is 24.0 Å². The zero-order valence-corrected chi connectivity index (χ0v) is 18.7. The van der Waals surface area contributed by atoms with E-state index in [1.807, 2.05) is 12.1 Å². The summed E-state index contributed by atoms with van der Waals surface area (Å²) in [5.41, 5.74) is 1.29. The Labute approximate surface area is 174 Å². The standard InChI is InChI=1S/C19H32N4O2.HI/c1-16-5-7-17(8-6-16)25-12-9-21-18(20-4)22-15-19(2,3)23-10-13-24-14-11-23;/h5-8H,9-15H2,1-4H3,(H2,20,21,22);1H. The molecule has 0 unspecified atom stereocenters. The van der Waals surface area contributed by atoms with Gasteiger partial charge in [-0.1, -0.05) is 17.7 Å². The molecule has 0 bridgehead atoms. The number of hydrogen-bond acceptors (Lipinski definition) is 4. The van der Waals surface area contributed by atoms with Crippen molar-refractivity contribution in [1.82, 2.24) is 15.5 Å². The van der Waals surface area contributed by atoms with E-state index in [-0.39, 0.29) is 29.5 Å². The predicted octanol–water partition coefficient (Wildman–Crippen LogP) is 2.27. The maximum atomic E-state index is 5.73. The van der Waals surface area contributed by atoms with Gasteiger partial charge in [0, 0.05) is 32.2 Å². The van der Waals surface area contributed by atoms with Gasteiger partial charge in [0.1, 0.15) is 12.4 Å². The highest BCUT2D eigenvalue weighted by molar-refractivity contribution is 14.0. The number of rotatable bonds is 7. The van der Waals surface area contributed by atoms with Gasteiger partial charge in [-0.2, -0.15) is 0 Å². The molecule has 0 radical (unpaired) electrons. The summed E-state index contributed by atoms with van der Waals surface area (Å²) >= 11 is 0. The Morgan fingerprint density at radius 1 is 1.19 bits per heavy atom. The maximum absolute atomic E-state index is 5.73. The fraction of sp³-hybridized carbons (Fsp3) is 0.632. The second kappa shape index (κ2) is 11.6. The van der Waals surface area contributed by atoms with Crippen LogP contribution in [0, 0.1) is 6.92 Å². The van der Waals surface area contributed by atoms with E-state index in [1.54, 1.807) is 7.05 Å². The van der Waals surface area contributed by atoms with Gasteiger partial charge >= 0.3 is 0 Å². The highest BCUT2D eigenvalue weighted by Crippen LogP contribution is 2.15. The molecule has 1 fully saturated rings. The average molecular weight is 476 g/mol. The molecule has 0 atom stereocenters. The van der Waals surface area contributed by atoms with Gasteiger partial charge in [0.05, 0.1) is 19.8 Å². The van der Waals surface area contributed by atoms with Gasteiger partial charge in [0.25, 0.3) is 0 Å². The highest BCUT2D eigenvalue weighted by Gasteiger charge is 2.28. The molecular weight excluding hydrogens is 443 g/mol. The molecule has 1 aliphatic heterocycles. The SMILES string of the molecule is CN=C(NCCOc1ccc(C)cc1)NCC(C)(C)N1CCOCC1.I. The number of ether oxygens (including phenoxy) is 2. The van der Waals surface area contributed by atoms with Crippen molar-refractivity contribution in [3.63, 3.8) is 0 Å². The van der Waals surface area contributed by atoms with Crippen molar-refractivity contribution in [2.45, 2.75) is 26.3 Å². The van der Waals surface area contributed by atoms with Crippen LogP contribution in [-0.4, -0.2) is 69.4 Å². The van der Waals surface area contributed by atoms with Crippen LogP contribution in [0.4, 0.5) is 0 Å². The van der Waals surface area contributed by atoms with Crippen molar-refractivity contribution in [3.8, 4) is 5.75 Å². The second-order valence-corrected chi connectivity index (χ2v) is 6.93. The van der Waals surface area contributed by atoms with Crippen LogP contribution in [0.15, 0.2) is 29.3 Å². The van der Waals surface area contributed by atoms with E-state index >= 15 is 0 Å². The van der Waals surface area contributed by atoms with Gasteiger partial charge in [-0.25, -0.2) is 0 Å². The second-order valence-electron chi connectivity index (χ2n) is 6.93. The summed E-state index contributed by atoms with van der Waals surface area (Å²) in [4.78, 5) is 6.74. The number of benzene rings is 1. The van der Waals surface area contributed by atoms with Crippen molar-refractivity contribution < 1.29 is 9.47 Å². The Balaban J connectivity index is 0.00000338. The smallest absolute Gasteiger partial charge is 0.191 e. The normalized spacial score (nSPS) is 15.9. The number of morpholine rings is 1. The monoisotopic (exact) mass is 476 g/mol. The van der Waals surface area contributed by atoms with Crippen LogP contribution in [0.3, 0.4) is 0 Å². The summed E-state index contributed by atoms with van der Waals surface area (Å²) in [5.74, 6) is 1.69. The predicted molar refractivity (Wildman–Crippen MR) is 118 cm³/mol. The number of aryl methyl sites for hydroxylation is 1. The zero-order valence-electron chi connectivity index (χ0n) is 16.4. The van der Waals surface area contributed by atoms with Crippen LogP contribution < -0.4 is 15.4 Å². The third kappa shape index (κ3) is 7.67. The minimum Gasteiger partial charge on any atom is -0.492 e. The lowest BCUT2D eigenvalue weighted by molar-refractivity contribution is -0.00834. The highest BCUT2D eigenvalue weighted by atomic mass is 127. The lowest BCUT2D eigenvalue weighted by atomic mass is 10.0. The minimum atomic E-state index is 0. The fourth-order valence-electron chi connectivity index (χ4n) is 2.77. The Morgan fingerprint density at radius 3 is 2.46 bits per heavy atom. The largest absolute Gasteiger partial charge is 0.492 e. The van der Waals surface area contributed by atoms with Crippen LogP contribution in [0.5, 0.6) is 5.75 Å². The molecule has 0 aromatic heterocycles. The summed E-state index contributed by atoms with van der Waals surface area (Å²) in [5, 5.41) is 6.71. The van der Waals surface area contributed by atoms with Crippen molar-refractivity contribution in [3.05, 3.63) is 29.8 Å². The first-order valence-corrected chi connectivity index (χ1v) is 8.98. The number of hydrogen-bond donors (Lipinski definition) is 2. The lowest BCUT2D eigenvalue weighted by Crippen LogP contribution is -2.56. The van der Waals surface area contributed by atoms with Crippen LogP contribution in [-0.2, 0) is 4.74 Å². The molecule has 0 spiro atoms. The molecule has 2 rings (SSSR count). The molecule has 7 heteroatoms. The summed E-state index contributed by atoms with van der Waals surface area (Å²) < 4.78 is 11.2. The van der Waals surface area contributed by atoms with Crippen LogP contribution in [0.1, 0.15) is 19.4 Å². The van der Waals surface area contributed by atoms with Gasteiger partial charge in [0.2, 0.25) is 0 Å².